The Balaban J connectivity index is 2.37. The minimum atomic E-state index is 0.686. The lowest BCUT2D eigenvalue weighted by molar-refractivity contribution is 0.497. The topological polar surface area (TPSA) is 12.0 Å². The molecule has 1 aliphatic rings. The van der Waals surface area contributed by atoms with Gasteiger partial charge in [0.15, 0.2) is 0 Å². The number of hydrogen-bond donors (Lipinski definition) is 1. The van der Waals surface area contributed by atoms with E-state index in [4.69, 9.17) is 0 Å². The van der Waals surface area contributed by atoms with E-state index in [1.807, 2.05) is 0 Å². The molecular weight excluding hydrogens is 122 g/mol. The molecule has 0 bridgehead atoms. The van der Waals surface area contributed by atoms with Gasteiger partial charge in [0.1, 0.15) is 0 Å². The van der Waals surface area contributed by atoms with Gasteiger partial charge in [-0.05, 0) is 38.6 Å². The lowest BCUT2D eigenvalue weighted by Gasteiger charge is -2.12. The van der Waals surface area contributed by atoms with Gasteiger partial charge in [-0.1, -0.05) is 6.08 Å². The van der Waals surface area contributed by atoms with Gasteiger partial charge >= 0.3 is 0 Å². The molecule has 0 radical (unpaired) electrons. The van der Waals surface area contributed by atoms with Crippen molar-refractivity contribution in [1.82, 2.24) is 5.32 Å². The van der Waals surface area contributed by atoms with Gasteiger partial charge in [-0.3, -0.25) is 0 Å². The van der Waals surface area contributed by atoms with Crippen LogP contribution in [0, 0.1) is 5.92 Å². The molecule has 0 aromatic carbocycles. The van der Waals surface area contributed by atoms with E-state index in [1.165, 1.54) is 25.8 Å². The molecule has 2 atom stereocenters. The largest absolute Gasteiger partial charge is 0.314 e. The van der Waals surface area contributed by atoms with Crippen LogP contribution >= 0.6 is 0 Å². The highest BCUT2D eigenvalue weighted by molar-refractivity contribution is 4.84. The maximum absolute atomic E-state index is 3.83. The third-order valence-corrected chi connectivity index (χ3v) is 2.23. The lowest BCUT2D eigenvalue weighted by atomic mass is 9.98. The summed E-state index contributed by atoms with van der Waals surface area (Å²) in [6.45, 7) is 7.27. The highest BCUT2D eigenvalue weighted by Crippen LogP contribution is 2.17. The molecule has 1 N–H and O–H groups in total. The lowest BCUT2D eigenvalue weighted by Crippen LogP contribution is -2.25. The van der Waals surface area contributed by atoms with Crippen LogP contribution in [0.2, 0.25) is 0 Å². The predicted octanol–water partition coefficient (Wildman–Crippen LogP) is 1.95. The van der Waals surface area contributed by atoms with E-state index < -0.39 is 0 Å². The Morgan fingerprint density at radius 1 is 1.60 bits per heavy atom. The first-order chi connectivity index (χ1) is 4.83. The van der Waals surface area contributed by atoms with Crippen molar-refractivity contribution in [3.63, 3.8) is 0 Å². The van der Waals surface area contributed by atoms with E-state index in [9.17, 15) is 0 Å². The van der Waals surface area contributed by atoms with Crippen molar-refractivity contribution in [2.45, 2.75) is 32.2 Å². The number of nitrogens with one attached hydrogen (secondary N) is 1. The minimum absolute atomic E-state index is 0.686. The molecule has 58 valence electrons. The maximum atomic E-state index is 3.83. The second-order valence-corrected chi connectivity index (χ2v) is 3.23. The molecule has 0 aromatic rings. The van der Waals surface area contributed by atoms with Gasteiger partial charge < -0.3 is 5.32 Å². The Hall–Kier alpha value is -0.300. The van der Waals surface area contributed by atoms with Gasteiger partial charge in [-0.15, -0.1) is 6.58 Å². The summed E-state index contributed by atoms with van der Waals surface area (Å²) in [5.41, 5.74) is 0. The summed E-state index contributed by atoms with van der Waals surface area (Å²) in [4.78, 5) is 0. The van der Waals surface area contributed by atoms with Crippen molar-refractivity contribution in [1.29, 1.82) is 0 Å². The van der Waals surface area contributed by atoms with Gasteiger partial charge in [-0.2, -0.15) is 0 Å². The number of allylic oxidation sites excluding steroid dienone is 1. The highest BCUT2D eigenvalue weighted by atomic mass is 14.9. The van der Waals surface area contributed by atoms with Gasteiger partial charge in [0.05, 0.1) is 0 Å². The molecule has 10 heavy (non-hydrogen) atoms. The zero-order valence-corrected chi connectivity index (χ0v) is 6.77. The van der Waals surface area contributed by atoms with Gasteiger partial charge in [-0.25, -0.2) is 0 Å². The normalized spacial score (nSPS) is 34.9. The fourth-order valence-corrected chi connectivity index (χ4v) is 1.58. The summed E-state index contributed by atoms with van der Waals surface area (Å²) in [7, 11) is 0. The number of hydrogen-bond acceptors (Lipinski definition) is 1. The molecule has 1 heteroatoms. The van der Waals surface area contributed by atoms with Crippen LogP contribution < -0.4 is 5.32 Å². The molecule has 1 fully saturated rings. The summed E-state index contributed by atoms with van der Waals surface area (Å²) >= 11 is 0. The van der Waals surface area contributed by atoms with Crippen LogP contribution in [0.25, 0.3) is 0 Å². The summed E-state index contributed by atoms with van der Waals surface area (Å²) < 4.78 is 0. The smallest absolute Gasteiger partial charge is 0.00443 e. The molecule has 1 aliphatic heterocycles. The van der Waals surface area contributed by atoms with Crippen LogP contribution in [-0.2, 0) is 0 Å². The van der Waals surface area contributed by atoms with Gasteiger partial charge in [0.25, 0.3) is 0 Å². The van der Waals surface area contributed by atoms with E-state index in [0.717, 1.165) is 5.92 Å². The SMILES string of the molecule is C=CC1CCCNC(C)C1. The van der Waals surface area contributed by atoms with E-state index in [1.54, 1.807) is 0 Å². The average Bonchev–Trinajstić information content (AvgIpc) is 2.13. The number of rotatable bonds is 1. The Morgan fingerprint density at radius 2 is 2.40 bits per heavy atom. The summed E-state index contributed by atoms with van der Waals surface area (Å²) in [5.74, 6) is 0.755. The molecule has 1 rings (SSSR count). The van der Waals surface area contributed by atoms with Crippen molar-refractivity contribution in [3.8, 4) is 0 Å². The molecule has 0 aromatic heterocycles. The molecule has 1 heterocycles. The van der Waals surface area contributed by atoms with Crippen LogP contribution in [0.15, 0.2) is 12.7 Å². The fourth-order valence-electron chi connectivity index (χ4n) is 1.58. The van der Waals surface area contributed by atoms with Crippen LogP contribution in [0.5, 0.6) is 0 Å². The summed E-state index contributed by atoms with van der Waals surface area (Å²) in [6, 6.07) is 0.686. The quantitative estimate of drug-likeness (QED) is 0.547. The third kappa shape index (κ3) is 2.14. The average molecular weight is 139 g/mol. The maximum Gasteiger partial charge on any atom is 0.00443 e. The second-order valence-electron chi connectivity index (χ2n) is 3.23. The Kier molecular flexibility index (Phi) is 2.94. The fraction of sp³-hybridized carbons (Fsp3) is 0.778. The summed E-state index contributed by atoms with van der Waals surface area (Å²) in [5, 5.41) is 3.46. The molecular formula is C9H17N. The highest BCUT2D eigenvalue weighted by Gasteiger charge is 2.12. The van der Waals surface area contributed by atoms with Crippen molar-refractivity contribution in [3.05, 3.63) is 12.7 Å². The van der Waals surface area contributed by atoms with Crippen LogP contribution in [0.1, 0.15) is 26.2 Å². The van der Waals surface area contributed by atoms with E-state index in [-0.39, 0.29) is 0 Å². The standard InChI is InChI=1S/C9H17N/c1-3-9-5-4-6-10-8(2)7-9/h3,8-10H,1,4-7H2,2H3. The molecule has 0 saturated carbocycles. The van der Waals surface area contributed by atoms with Crippen LogP contribution in [-0.4, -0.2) is 12.6 Å². The monoisotopic (exact) mass is 139 g/mol. The molecule has 1 nitrogen and oxygen atoms in total. The van der Waals surface area contributed by atoms with Gasteiger partial charge in [0.2, 0.25) is 0 Å². The van der Waals surface area contributed by atoms with E-state index >= 15 is 0 Å². The molecule has 0 amide bonds. The van der Waals surface area contributed by atoms with E-state index in [0.29, 0.717) is 6.04 Å². The molecule has 1 saturated heterocycles. The molecule has 0 aliphatic carbocycles. The first kappa shape index (κ1) is 7.80. The Morgan fingerprint density at radius 3 is 3.10 bits per heavy atom. The zero-order chi connectivity index (χ0) is 7.40. The predicted molar refractivity (Wildman–Crippen MR) is 45.0 cm³/mol. The zero-order valence-electron chi connectivity index (χ0n) is 6.77. The van der Waals surface area contributed by atoms with Crippen molar-refractivity contribution >= 4 is 0 Å². The summed E-state index contributed by atoms with van der Waals surface area (Å²) in [6.07, 6.45) is 5.99. The second kappa shape index (κ2) is 3.77. The van der Waals surface area contributed by atoms with E-state index in [2.05, 4.69) is 24.9 Å². The van der Waals surface area contributed by atoms with Crippen LogP contribution in [0.4, 0.5) is 0 Å². The van der Waals surface area contributed by atoms with Crippen molar-refractivity contribution in [2.75, 3.05) is 6.54 Å². The Bertz CT molecular complexity index is 109. The van der Waals surface area contributed by atoms with Crippen molar-refractivity contribution in [2.24, 2.45) is 5.92 Å². The molecule has 0 spiro atoms. The Labute approximate surface area is 63.5 Å². The van der Waals surface area contributed by atoms with Crippen LogP contribution in [0.3, 0.4) is 0 Å². The minimum Gasteiger partial charge on any atom is -0.314 e. The first-order valence-corrected chi connectivity index (χ1v) is 4.19. The first-order valence-electron chi connectivity index (χ1n) is 4.19. The van der Waals surface area contributed by atoms with Gasteiger partial charge in [0, 0.05) is 6.04 Å². The molecule has 2 unspecified atom stereocenters. The third-order valence-electron chi connectivity index (χ3n) is 2.23. The van der Waals surface area contributed by atoms with Crippen molar-refractivity contribution < 1.29 is 0 Å².